The summed E-state index contributed by atoms with van der Waals surface area (Å²) in [6.07, 6.45) is 14.4. The van der Waals surface area contributed by atoms with Gasteiger partial charge in [0.15, 0.2) is 5.78 Å². The van der Waals surface area contributed by atoms with Crippen LogP contribution in [0.5, 0.6) is 0 Å². The number of ketones is 1. The third-order valence-corrected chi connectivity index (χ3v) is 7.40. The number of carboxylic acid groups (broad SMARTS) is 7. The van der Waals surface area contributed by atoms with E-state index in [2.05, 4.69) is 38.7 Å². The van der Waals surface area contributed by atoms with E-state index in [1.165, 1.54) is 78.6 Å². The van der Waals surface area contributed by atoms with E-state index >= 15 is 0 Å². The molecule has 0 saturated heterocycles. The molecule has 0 heterocycles. The Balaban J connectivity index is -0.0000000490. The van der Waals surface area contributed by atoms with Gasteiger partial charge in [0.05, 0.1) is 0 Å². The predicted octanol–water partition coefficient (Wildman–Crippen LogP) is 2.80. The Kier molecular flexibility index (Phi) is 80.5. The van der Waals surface area contributed by atoms with Crippen LogP contribution in [0.15, 0.2) is 24.3 Å². The van der Waals surface area contributed by atoms with Crippen LogP contribution in [-0.4, -0.2) is 136 Å². The van der Waals surface area contributed by atoms with E-state index in [9.17, 15) is 14.4 Å². The van der Waals surface area contributed by atoms with E-state index in [1.54, 1.807) is 0 Å². The zero-order valence-corrected chi connectivity index (χ0v) is 43.2. The first-order valence-corrected chi connectivity index (χ1v) is 17.7. The summed E-state index contributed by atoms with van der Waals surface area (Å²) >= 11 is 0. The number of carbonyl (C=O) groups excluding carboxylic acids is 2. The molecule has 3 saturated carbocycles. The standard InChI is InChI=1S/3C7H13N.C7H10O3.C4H6O2.3C2H2O4.4H2O.3Pt/c3*1-6-4-2-3-5-7(6)8;1-5(2)7(9)10-4-6(3)8;1-3(2)4(5)6;3*3-1(4)2(5)6;;;;;;;/h3*6-8H,1-5H2;1,4H2,2-3H3;1H2,2H3,(H,5,6);3*(H,3,4)(H,5,6);4*1H2;;;/q3*-2;;;;;;;;;;3*+2. The summed E-state index contributed by atoms with van der Waals surface area (Å²) in [6, 6.07) is 0.427. The van der Waals surface area contributed by atoms with Gasteiger partial charge in [0.25, 0.3) is 0 Å². The van der Waals surface area contributed by atoms with Gasteiger partial charge in [-0.2, -0.15) is 35.9 Å². The van der Waals surface area contributed by atoms with Crippen molar-refractivity contribution < 1.29 is 169 Å². The SMILES string of the molecule is C=C(C)C(=O)O.C=C(C)C(=O)OCC(C)=O.O.O.O.O.O=C(O)C(=O)O.O=C(O)C(=O)O.O=C(O)C(=O)O.[CH2-]C1CCCCC1[NH-].[CH2-]C1CCCCC1[NH-].[CH2-]C1CCCCC1[NH-].[Pt+2].[Pt+2].[Pt+2]. The molecule has 0 aromatic rings. The Labute approximate surface area is 422 Å². The summed E-state index contributed by atoms with van der Waals surface area (Å²) in [5, 5.41) is 52.2. The van der Waals surface area contributed by atoms with Crippen molar-refractivity contribution in [2.24, 2.45) is 17.8 Å². The molecule has 0 radical (unpaired) electrons. The van der Waals surface area contributed by atoms with Gasteiger partial charge in [-0.15, -0.1) is 0 Å². The number of esters is 1. The topological polar surface area (TPSA) is 502 Å². The molecule has 0 aromatic carbocycles. The van der Waals surface area contributed by atoms with Gasteiger partial charge in [-0.25, -0.2) is 38.4 Å². The van der Waals surface area contributed by atoms with E-state index in [0.29, 0.717) is 23.3 Å². The van der Waals surface area contributed by atoms with Crippen LogP contribution in [0.3, 0.4) is 0 Å². The fourth-order valence-corrected chi connectivity index (χ4v) is 3.91. The van der Waals surface area contributed by atoms with Crippen LogP contribution in [0, 0.1) is 38.5 Å². The van der Waals surface area contributed by atoms with Gasteiger partial charge >= 0.3 is 111 Å². The number of aliphatic carboxylic acids is 7. The minimum Gasteiger partial charge on any atom is -0.677 e. The maximum Gasteiger partial charge on any atom is 2.00 e. The molecule has 0 bridgehead atoms. The molecule has 3 aliphatic carbocycles. The Hall–Kier alpha value is -3.31. The second-order valence-corrected chi connectivity index (χ2v) is 12.9. The van der Waals surface area contributed by atoms with Gasteiger partial charge in [-0.05, 0) is 20.8 Å². The smallest absolute Gasteiger partial charge is 0.677 e. The zero-order chi connectivity index (χ0) is 46.7. The predicted molar refractivity (Wildman–Crippen MR) is 225 cm³/mol. The molecular weight excluding hydrogens is 1420 g/mol. The third kappa shape index (κ3) is 69.9. The molecular formula is C38H69N3O21Pt3. The van der Waals surface area contributed by atoms with Gasteiger partial charge in [0, 0.05) is 11.1 Å². The van der Waals surface area contributed by atoms with E-state index in [-0.39, 0.29) is 121 Å². The zero-order valence-electron chi connectivity index (χ0n) is 36.4. The molecule has 3 fully saturated rings. The molecule has 0 amide bonds. The van der Waals surface area contributed by atoms with Crippen molar-refractivity contribution in [3.05, 3.63) is 62.3 Å². The van der Waals surface area contributed by atoms with Crippen molar-refractivity contribution in [1.29, 1.82) is 0 Å². The van der Waals surface area contributed by atoms with Crippen LogP contribution in [0.4, 0.5) is 0 Å². The average molecular weight is 1490 g/mol. The first-order chi connectivity index (χ1) is 26.5. The van der Waals surface area contributed by atoms with Crippen LogP contribution in [0.25, 0.3) is 17.2 Å². The Bertz CT molecular complexity index is 1120. The van der Waals surface area contributed by atoms with Crippen LogP contribution >= 0.6 is 0 Å². The van der Waals surface area contributed by atoms with E-state index in [0.717, 1.165) is 19.3 Å². The van der Waals surface area contributed by atoms with Crippen LogP contribution < -0.4 is 0 Å². The molecule has 3 aliphatic rings. The maximum absolute atomic E-state index is 10.6. The van der Waals surface area contributed by atoms with E-state index < -0.39 is 47.8 Å². The Morgan fingerprint density at radius 1 is 0.446 bits per heavy atom. The minimum absolute atomic E-state index is 0. The Morgan fingerprint density at radius 3 is 0.723 bits per heavy atom. The number of hydrogen-bond acceptors (Lipinski definition) is 10. The largest absolute Gasteiger partial charge is 2.00 e. The fourth-order valence-electron chi connectivity index (χ4n) is 3.91. The summed E-state index contributed by atoms with van der Waals surface area (Å²) in [6.45, 7) is 22.3. The number of hydrogen-bond donors (Lipinski definition) is 7. The van der Waals surface area contributed by atoms with Crippen molar-refractivity contribution in [3.8, 4) is 0 Å². The molecule has 6 atom stereocenters. The molecule has 0 spiro atoms. The van der Waals surface area contributed by atoms with Crippen LogP contribution in [0.1, 0.15) is 97.8 Å². The first kappa shape index (κ1) is 92.0. The number of rotatable bonds is 4. The summed E-state index contributed by atoms with van der Waals surface area (Å²) in [4.78, 5) is 85.0. The van der Waals surface area contributed by atoms with Crippen molar-refractivity contribution in [1.82, 2.24) is 0 Å². The summed E-state index contributed by atoms with van der Waals surface area (Å²) in [7, 11) is 0. The third-order valence-electron chi connectivity index (χ3n) is 7.40. The quantitative estimate of drug-likeness (QED) is 0.0921. The van der Waals surface area contributed by atoms with Gasteiger partial charge in [-0.3, -0.25) is 4.79 Å². The summed E-state index contributed by atoms with van der Waals surface area (Å²) < 4.78 is 4.48. The second kappa shape index (κ2) is 56.8. The van der Waals surface area contributed by atoms with Crippen molar-refractivity contribution in [2.75, 3.05) is 6.61 Å². The van der Waals surface area contributed by atoms with Gasteiger partial charge in [0.2, 0.25) is 0 Å². The van der Waals surface area contributed by atoms with E-state index in [1.807, 2.05) is 0 Å². The van der Waals surface area contributed by atoms with Gasteiger partial charge < -0.3 is 100 Å². The van der Waals surface area contributed by atoms with Gasteiger partial charge in [-0.1, -0.05) is 90.2 Å². The molecule has 65 heavy (non-hydrogen) atoms. The van der Waals surface area contributed by atoms with Crippen molar-refractivity contribution in [3.63, 3.8) is 0 Å². The molecule has 24 nitrogen and oxygen atoms in total. The normalized spacial score (nSPS) is 18.7. The summed E-state index contributed by atoms with van der Waals surface area (Å²) in [5.41, 5.74) is 22.7. The number of Topliss-reactive ketones (excluding diaryl/α,β-unsaturated/α-hetero) is 1. The molecule has 6 unspecified atom stereocenters. The monoisotopic (exact) mass is 1490 g/mol. The van der Waals surface area contributed by atoms with E-state index in [4.69, 9.17) is 81.7 Å². The molecule has 3 rings (SSSR count). The Morgan fingerprint density at radius 2 is 0.631 bits per heavy atom. The minimum atomic E-state index is -1.82. The molecule has 18 N–H and O–H groups in total. The first-order valence-electron chi connectivity index (χ1n) is 17.7. The van der Waals surface area contributed by atoms with Gasteiger partial charge in [0.1, 0.15) is 6.61 Å². The molecule has 27 heteroatoms. The van der Waals surface area contributed by atoms with Crippen molar-refractivity contribution >= 4 is 53.5 Å². The molecule has 392 valence electrons. The second-order valence-electron chi connectivity index (χ2n) is 12.9. The fraction of sp³-hybridized carbons (Fsp3) is 0.579. The number of ether oxygens (including phenoxy) is 1. The number of carboxylic acids is 7. The number of carbonyl (C=O) groups is 9. The maximum atomic E-state index is 10.6. The van der Waals surface area contributed by atoms with Crippen molar-refractivity contribution in [2.45, 2.75) is 116 Å². The molecule has 0 aromatic heterocycles. The average Bonchev–Trinajstić information content (AvgIpc) is 3.12. The number of nitrogens with one attached hydrogen (secondary N) is 3. The van der Waals surface area contributed by atoms with Crippen LogP contribution in [-0.2, 0) is 111 Å². The molecule has 0 aliphatic heterocycles. The summed E-state index contributed by atoms with van der Waals surface area (Å²) in [5.74, 6) is -11.3. The van der Waals surface area contributed by atoms with Crippen LogP contribution in [0.2, 0.25) is 0 Å².